The van der Waals surface area contributed by atoms with E-state index in [4.69, 9.17) is 17.0 Å². The smallest absolute Gasteiger partial charge is 0.341 e. The Labute approximate surface area is 68.0 Å². The highest BCUT2D eigenvalue weighted by atomic mass is 32.1. The Morgan fingerprint density at radius 3 is 3.18 bits per heavy atom. The van der Waals surface area contributed by atoms with Crippen LogP contribution in [0.2, 0.25) is 0 Å². The van der Waals surface area contributed by atoms with E-state index in [9.17, 15) is 4.79 Å². The van der Waals surface area contributed by atoms with Gasteiger partial charge < -0.3 is 9.72 Å². The Morgan fingerprint density at radius 1 is 1.64 bits per heavy atom. The number of hydrogen-bond donors (Lipinski definition) is 1. The van der Waals surface area contributed by atoms with Crippen LogP contribution in [-0.4, -0.2) is 11.0 Å². The summed E-state index contributed by atoms with van der Waals surface area (Å²) in [6.45, 7) is 0.354. The van der Waals surface area contributed by atoms with E-state index < -0.39 is 0 Å². The van der Waals surface area contributed by atoms with E-state index in [0.717, 1.165) is 5.56 Å². The number of aromatic nitrogens is 1. The molecule has 0 amide bonds. The fourth-order valence-electron chi connectivity index (χ4n) is 1.08. The molecular weight excluding hydrogens is 162 g/mol. The van der Waals surface area contributed by atoms with Gasteiger partial charge in [-0.15, -0.1) is 0 Å². The third-order valence-corrected chi connectivity index (χ3v) is 1.93. The molecule has 1 aliphatic heterocycles. The predicted octanol–water partition coefficient (Wildman–Crippen LogP) is 1.41. The number of pyridine rings is 1. The van der Waals surface area contributed by atoms with Gasteiger partial charge in [0.25, 0.3) is 0 Å². The second-order valence-corrected chi connectivity index (χ2v) is 2.69. The molecule has 2 rings (SSSR count). The Bertz CT molecular complexity index is 369. The molecule has 56 valence electrons. The molecular formula is C7H5NO2S. The highest BCUT2D eigenvalue weighted by molar-refractivity contribution is 7.71. The molecule has 0 fully saturated rings. The van der Waals surface area contributed by atoms with Gasteiger partial charge in [0.1, 0.15) is 16.8 Å². The molecule has 11 heavy (non-hydrogen) atoms. The molecule has 4 heteroatoms. The number of nitrogens with one attached hydrogen (secondary N) is 1. The van der Waals surface area contributed by atoms with Crippen LogP contribution in [0, 0.1) is 4.64 Å². The number of hydrogen-bond acceptors (Lipinski definition) is 3. The van der Waals surface area contributed by atoms with Crippen LogP contribution in [0.4, 0.5) is 0 Å². The molecule has 1 N–H and O–H groups in total. The van der Waals surface area contributed by atoms with E-state index in [1.165, 1.54) is 0 Å². The van der Waals surface area contributed by atoms with Gasteiger partial charge in [0, 0.05) is 11.8 Å². The van der Waals surface area contributed by atoms with Crippen LogP contribution in [0.3, 0.4) is 0 Å². The number of H-pyrrole nitrogens is 1. The second-order valence-electron chi connectivity index (χ2n) is 2.28. The van der Waals surface area contributed by atoms with E-state index >= 15 is 0 Å². The van der Waals surface area contributed by atoms with Crippen LogP contribution in [0.25, 0.3) is 0 Å². The van der Waals surface area contributed by atoms with Crippen molar-refractivity contribution in [2.75, 3.05) is 0 Å². The Hall–Kier alpha value is -1.16. The summed E-state index contributed by atoms with van der Waals surface area (Å²) in [6.07, 6.45) is 1.71. The number of cyclic esters (lactones) is 1. The maximum absolute atomic E-state index is 11.0. The first kappa shape index (κ1) is 6.54. The largest absolute Gasteiger partial charge is 0.457 e. The van der Waals surface area contributed by atoms with E-state index in [0.29, 0.717) is 16.8 Å². The highest BCUT2D eigenvalue weighted by Gasteiger charge is 2.21. The molecule has 0 bridgehead atoms. The molecule has 3 nitrogen and oxygen atoms in total. The van der Waals surface area contributed by atoms with Crippen LogP contribution in [0.1, 0.15) is 15.9 Å². The molecule has 1 aliphatic rings. The average molecular weight is 167 g/mol. The van der Waals surface area contributed by atoms with Crippen LogP contribution >= 0.6 is 12.2 Å². The van der Waals surface area contributed by atoms with Gasteiger partial charge >= 0.3 is 5.97 Å². The summed E-state index contributed by atoms with van der Waals surface area (Å²) < 4.78 is 5.24. The highest BCUT2D eigenvalue weighted by Crippen LogP contribution is 2.18. The first-order valence-electron chi connectivity index (χ1n) is 3.17. The lowest BCUT2D eigenvalue weighted by atomic mass is 10.2. The summed E-state index contributed by atoms with van der Waals surface area (Å²) in [5, 5.41) is 0. The first-order valence-corrected chi connectivity index (χ1v) is 3.57. The van der Waals surface area contributed by atoms with Crippen molar-refractivity contribution in [3.8, 4) is 0 Å². The number of fused-ring (bicyclic) bond motifs is 1. The van der Waals surface area contributed by atoms with Gasteiger partial charge in [0.2, 0.25) is 0 Å². The lowest BCUT2D eigenvalue weighted by Crippen LogP contribution is -1.95. The maximum Gasteiger partial charge on any atom is 0.341 e. The quantitative estimate of drug-likeness (QED) is 0.469. The zero-order valence-corrected chi connectivity index (χ0v) is 6.40. The summed E-state index contributed by atoms with van der Waals surface area (Å²) >= 11 is 4.90. The third-order valence-electron chi connectivity index (χ3n) is 1.61. The SMILES string of the molecule is O=C1OCc2cc[nH]c(=S)c21. The summed E-state index contributed by atoms with van der Waals surface area (Å²) in [7, 11) is 0. The van der Waals surface area contributed by atoms with Crippen molar-refractivity contribution in [3.63, 3.8) is 0 Å². The zero-order chi connectivity index (χ0) is 7.84. The van der Waals surface area contributed by atoms with Crippen molar-refractivity contribution in [1.29, 1.82) is 0 Å². The van der Waals surface area contributed by atoms with E-state index in [-0.39, 0.29) is 5.97 Å². The van der Waals surface area contributed by atoms with Gasteiger partial charge in [0.15, 0.2) is 0 Å². The van der Waals surface area contributed by atoms with Gasteiger partial charge in [-0.25, -0.2) is 4.79 Å². The van der Waals surface area contributed by atoms with Gasteiger partial charge in [-0.1, -0.05) is 12.2 Å². The Balaban J connectivity index is 2.78. The molecule has 2 heterocycles. The summed E-state index contributed by atoms with van der Waals surface area (Å²) in [5.41, 5.74) is 1.39. The molecule has 0 saturated carbocycles. The molecule has 0 aliphatic carbocycles. The van der Waals surface area contributed by atoms with Crippen molar-refractivity contribution < 1.29 is 9.53 Å². The molecule has 0 atom stereocenters. The topological polar surface area (TPSA) is 42.1 Å². The predicted molar refractivity (Wildman–Crippen MR) is 40.7 cm³/mol. The summed E-state index contributed by atoms with van der Waals surface area (Å²) in [4.78, 5) is 13.8. The van der Waals surface area contributed by atoms with Crippen molar-refractivity contribution >= 4 is 18.2 Å². The molecule has 0 saturated heterocycles. The second kappa shape index (κ2) is 2.17. The normalized spacial score (nSPS) is 14.4. The molecule has 0 radical (unpaired) electrons. The Kier molecular flexibility index (Phi) is 1.29. The van der Waals surface area contributed by atoms with E-state index in [1.807, 2.05) is 0 Å². The van der Waals surface area contributed by atoms with E-state index in [1.54, 1.807) is 12.3 Å². The number of carbonyl (C=O) groups is 1. The standard InChI is InChI=1S/C7H5NO2S/c9-7-5-4(3-10-7)1-2-8-6(5)11/h1-2H,3H2,(H,8,11). The van der Waals surface area contributed by atoms with Gasteiger partial charge in [-0.05, 0) is 6.07 Å². The van der Waals surface area contributed by atoms with Gasteiger partial charge in [-0.3, -0.25) is 0 Å². The molecule has 0 spiro atoms. The minimum Gasteiger partial charge on any atom is -0.457 e. The fourth-order valence-corrected chi connectivity index (χ4v) is 1.36. The summed E-state index contributed by atoms with van der Waals surface area (Å²) in [5.74, 6) is -0.318. The van der Waals surface area contributed by atoms with Crippen LogP contribution < -0.4 is 0 Å². The Morgan fingerprint density at radius 2 is 2.45 bits per heavy atom. The number of carbonyl (C=O) groups excluding carboxylic acids is 1. The number of ether oxygens (including phenoxy) is 1. The van der Waals surface area contributed by atoms with Crippen LogP contribution in [0.5, 0.6) is 0 Å². The van der Waals surface area contributed by atoms with Crippen molar-refractivity contribution in [2.24, 2.45) is 0 Å². The monoisotopic (exact) mass is 167 g/mol. The average Bonchev–Trinajstić information content (AvgIpc) is 2.34. The lowest BCUT2D eigenvalue weighted by Gasteiger charge is -1.90. The van der Waals surface area contributed by atoms with Crippen molar-refractivity contribution in [2.45, 2.75) is 6.61 Å². The number of rotatable bonds is 0. The van der Waals surface area contributed by atoms with Crippen molar-refractivity contribution in [1.82, 2.24) is 4.98 Å². The third kappa shape index (κ3) is 0.867. The van der Waals surface area contributed by atoms with Crippen LogP contribution in [-0.2, 0) is 11.3 Å². The van der Waals surface area contributed by atoms with Crippen LogP contribution in [0.15, 0.2) is 12.3 Å². The zero-order valence-electron chi connectivity index (χ0n) is 5.59. The summed E-state index contributed by atoms with van der Waals surface area (Å²) in [6, 6.07) is 1.80. The number of aromatic amines is 1. The fraction of sp³-hybridized carbons (Fsp3) is 0.143. The molecule has 1 aromatic rings. The molecule has 1 aromatic heterocycles. The molecule has 0 unspecified atom stereocenters. The van der Waals surface area contributed by atoms with Crippen molar-refractivity contribution in [3.05, 3.63) is 28.0 Å². The van der Waals surface area contributed by atoms with E-state index in [2.05, 4.69) is 4.98 Å². The van der Waals surface area contributed by atoms with Gasteiger partial charge in [-0.2, -0.15) is 0 Å². The first-order chi connectivity index (χ1) is 5.29. The number of esters is 1. The molecule has 0 aromatic carbocycles. The van der Waals surface area contributed by atoms with Gasteiger partial charge in [0.05, 0.1) is 0 Å². The lowest BCUT2D eigenvalue weighted by molar-refractivity contribution is 0.0534. The minimum absolute atomic E-state index is 0.318. The maximum atomic E-state index is 11.0. The minimum atomic E-state index is -0.318.